The van der Waals surface area contributed by atoms with Gasteiger partial charge in [0, 0.05) is 7.05 Å². The topological polar surface area (TPSA) is 41.9 Å². The minimum Gasteiger partial charge on any atom is -0.496 e. The van der Waals surface area contributed by atoms with Crippen molar-refractivity contribution in [1.29, 1.82) is 0 Å². The highest BCUT2D eigenvalue weighted by molar-refractivity contribution is 8.18. The summed E-state index contributed by atoms with van der Waals surface area (Å²) in [4.78, 5) is 19.0. The summed E-state index contributed by atoms with van der Waals surface area (Å²) in [6.45, 7) is 6.19. The second kappa shape index (κ2) is 8.19. The van der Waals surface area contributed by atoms with Crippen LogP contribution in [0.4, 0.5) is 10.1 Å². The van der Waals surface area contributed by atoms with Crippen LogP contribution in [0.3, 0.4) is 0 Å². The van der Waals surface area contributed by atoms with Gasteiger partial charge in [-0.25, -0.2) is 9.38 Å². The van der Waals surface area contributed by atoms with Gasteiger partial charge >= 0.3 is 0 Å². The van der Waals surface area contributed by atoms with E-state index in [1.54, 1.807) is 32.4 Å². The standard InChI is InChI=1S/C22H23FN2O2S/c1-13(2)16-11-15(14(3)10-19(16)27-5)12-20-21(26)25(4)22(28-20)24-18-9-7-6-8-17(18)23/h6-13H,1-5H3/b20-12+,24-22?. The predicted molar refractivity (Wildman–Crippen MR) is 114 cm³/mol. The lowest BCUT2D eigenvalue weighted by Crippen LogP contribution is -2.23. The first-order valence-electron chi connectivity index (χ1n) is 9.01. The fourth-order valence-corrected chi connectivity index (χ4v) is 3.91. The number of aryl methyl sites for hydroxylation is 1. The average molecular weight is 399 g/mol. The fourth-order valence-electron chi connectivity index (χ4n) is 2.94. The number of carbonyl (C=O) groups excluding carboxylic acids is 1. The lowest BCUT2D eigenvalue weighted by molar-refractivity contribution is -0.121. The Hall–Kier alpha value is -2.60. The Bertz CT molecular complexity index is 982. The predicted octanol–water partition coefficient (Wildman–Crippen LogP) is 5.50. The van der Waals surface area contributed by atoms with Gasteiger partial charge in [0.1, 0.15) is 17.3 Å². The van der Waals surface area contributed by atoms with E-state index in [-0.39, 0.29) is 11.6 Å². The maximum Gasteiger partial charge on any atom is 0.266 e. The van der Waals surface area contributed by atoms with Gasteiger partial charge in [-0.3, -0.25) is 9.69 Å². The van der Waals surface area contributed by atoms with Crippen LogP contribution in [0, 0.1) is 12.7 Å². The van der Waals surface area contributed by atoms with Crippen LogP contribution in [0.1, 0.15) is 36.5 Å². The lowest BCUT2D eigenvalue weighted by Gasteiger charge is -2.14. The Morgan fingerprint density at radius 2 is 1.96 bits per heavy atom. The van der Waals surface area contributed by atoms with Crippen LogP contribution in [0.25, 0.3) is 6.08 Å². The van der Waals surface area contributed by atoms with E-state index in [1.165, 1.54) is 22.7 Å². The van der Waals surface area contributed by atoms with Crippen molar-refractivity contribution in [1.82, 2.24) is 4.90 Å². The third kappa shape index (κ3) is 3.97. The van der Waals surface area contributed by atoms with Crippen molar-refractivity contribution in [2.75, 3.05) is 14.2 Å². The molecule has 1 amide bonds. The first kappa shape index (κ1) is 20.1. The zero-order valence-corrected chi connectivity index (χ0v) is 17.4. The molecule has 0 atom stereocenters. The third-order valence-corrected chi connectivity index (χ3v) is 5.66. The Morgan fingerprint density at radius 3 is 2.61 bits per heavy atom. The highest BCUT2D eigenvalue weighted by atomic mass is 32.2. The van der Waals surface area contributed by atoms with Gasteiger partial charge in [0.05, 0.1) is 12.0 Å². The quantitative estimate of drug-likeness (QED) is 0.639. The molecule has 1 aliphatic heterocycles. The maximum absolute atomic E-state index is 13.9. The summed E-state index contributed by atoms with van der Waals surface area (Å²) in [5, 5.41) is 0.455. The second-order valence-electron chi connectivity index (χ2n) is 6.93. The zero-order chi connectivity index (χ0) is 20.4. The number of ether oxygens (including phenoxy) is 1. The molecule has 0 spiro atoms. The summed E-state index contributed by atoms with van der Waals surface area (Å²) in [6.07, 6.45) is 1.87. The molecule has 1 saturated heterocycles. The molecule has 1 aliphatic rings. The monoisotopic (exact) mass is 398 g/mol. The first-order valence-corrected chi connectivity index (χ1v) is 9.82. The molecule has 0 aliphatic carbocycles. The molecule has 0 saturated carbocycles. The number of amidine groups is 1. The number of hydrogen-bond donors (Lipinski definition) is 0. The van der Waals surface area contributed by atoms with Crippen molar-refractivity contribution >= 4 is 34.6 Å². The van der Waals surface area contributed by atoms with Crippen molar-refractivity contribution in [3.05, 3.63) is 63.8 Å². The molecule has 6 heteroatoms. The number of methoxy groups -OCH3 is 1. The van der Waals surface area contributed by atoms with Crippen molar-refractivity contribution in [2.45, 2.75) is 26.7 Å². The summed E-state index contributed by atoms with van der Waals surface area (Å²) in [6, 6.07) is 10.3. The van der Waals surface area contributed by atoms with E-state index in [9.17, 15) is 9.18 Å². The van der Waals surface area contributed by atoms with Gasteiger partial charge in [0.25, 0.3) is 5.91 Å². The highest BCUT2D eigenvalue weighted by Crippen LogP contribution is 2.36. The molecule has 146 valence electrons. The number of carbonyl (C=O) groups is 1. The van der Waals surface area contributed by atoms with E-state index in [0.717, 1.165) is 22.4 Å². The van der Waals surface area contributed by atoms with Gasteiger partial charge in [-0.05, 0) is 71.6 Å². The fraction of sp³-hybridized carbons (Fsp3) is 0.273. The molecule has 0 N–H and O–H groups in total. The summed E-state index contributed by atoms with van der Waals surface area (Å²) >= 11 is 1.25. The van der Waals surface area contributed by atoms with Crippen LogP contribution in [0.15, 0.2) is 46.3 Å². The SMILES string of the molecule is COc1cc(C)c(/C=C2/SC(=Nc3ccccc3F)N(C)C2=O)cc1C(C)C. The molecule has 2 aromatic carbocycles. The number of amides is 1. The summed E-state index contributed by atoms with van der Waals surface area (Å²) < 4.78 is 19.4. The number of aliphatic imine (C=N–C) groups is 1. The van der Waals surface area contributed by atoms with Crippen molar-refractivity contribution in [3.8, 4) is 5.75 Å². The van der Waals surface area contributed by atoms with E-state index in [2.05, 4.69) is 24.9 Å². The summed E-state index contributed by atoms with van der Waals surface area (Å²) in [5.74, 6) is 0.572. The highest BCUT2D eigenvalue weighted by Gasteiger charge is 2.30. The van der Waals surface area contributed by atoms with Gasteiger partial charge < -0.3 is 4.74 Å². The Labute approximate surface area is 169 Å². The molecule has 0 radical (unpaired) electrons. The molecule has 0 bridgehead atoms. The molecular formula is C22H23FN2O2S. The normalized spacial score (nSPS) is 17.2. The number of rotatable bonds is 4. The molecule has 1 fully saturated rings. The number of benzene rings is 2. The Morgan fingerprint density at radius 1 is 1.25 bits per heavy atom. The molecule has 3 rings (SSSR count). The number of halogens is 1. The number of nitrogens with zero attached hydrogens (tertiary/aromatic N) is 2. The van der Waals surface area contributed by atoms with E-state index in [1.807, 2.05) is 19.1 Å². The second-order valence-corrected chi connectivity index (χ2v) is 7.94. The van der Waals surface area contributed by atoms with Crippen molar-refractivity contribution in [2.24, 2.45) is 4.99 Å². The van der Waals surface area contributed by atoms with Crippen molar-refractivity contribution in [3.63, 3.8) is 0 Å². The number of hydrogen-bond acceptors (Lipinski definition) is 4. The van der Waals surface area contributed by atoms with E-state index in [0.29, 0.717) is 16.0 Å². The largest absolute Gasteiger partial charge is 0.496 e. The third-order valence-electron chi connectivity index (χ3n) is 4.60. The molecule has 2 aromatic rings. The van der Waals surface area contributed by atoms with Gasteiger partial charge in [-0.1, -0.05) is 26.0 Å². The Balaban J connectivity index is 1.99. The molecule has 28 heavy (non-hydrogen) atoms. The van der Waals surface area contributed by atoms with Crippen LogP contribution in [-0.2, 0) is 4.79 Å². The average Bonchev–Trinajstić information content (AvgIpc) is 2.92. The zero-order valence-electron chi connectivity index (χ0n) is 16.6. The molecule has 4 nitrogen and oxygen atoms in total. The number of likely N-dealkylation sites (N-methyl/N-ethyl adjacent to an activating group) is 1. The molecule has 1 heterocycles. The number of para-hydroxylation sites is 1. The summed E-state index contributed by atoms with van der Waals surface area (Å²) in [5.41, 5.74) is 3.28. The van der Waals surface area contributed by atoms with Crippen LogP contribution in [0.2, 0.25) is 0 Å². The van der Waals surface area contributed by atoms with Gasteiger partial charge in [-0.15, -0.1) is 0 Å². The first-order chi connectivity index (χ1) is 13.3. The Kier molecular flexibility index (Phi) is 5.89. The van der Waals surface area contributed by atoms with E-state index in [4.69, 9.17) is 4.74 Å². The minimum absolute atomic E-state index is 0.151. The number of thioether (sulfide) groups is 1. The van der Waals surface area contributed by atoms with Crippen LogP contribution in [0.5, 0.6) is 5.75 Å². The molecular weight excluding hydrogens is 375 g/mol. The maximum atomic E-state index is 13.9. The molecule has 0 aromatic heterocycles. The molecule has 0 unspecified atom stereocenters. The van der Waals surface area contributed by atoms with E-state index < -0.39 is 5.82 Å². The van der Waals surface area contributed by atoms with Crippen LogP contribution in [-0.4, -0.2) is 30.1 Å². The van der Waals surface area contributed by atoms with Crippen molar-refractivity contribution < 1.29 is 13.9 Å². The minimum atomic E-state index is -0.415. The smallest absolute Gasteiger partial charge is 0.266 e. The summed E-state index contributed by atoms with van der Waals surface area (Å²) in [7, 11) is 3.31. The van der Waals surface area contributed by atoms with Gasteiger partial charge in [0.2, 0.25) is 0 Å². The van der Waals surface area contributed by atoms with Crippen LogP contribution >= 0.6 is 11.8 Å². The van der Waals surface area contributed by atoms with Gasteiger partial charge in [0.15, 0.2) is 5.17 Å². The van der Waals surface area contributed by atoms with Crippen LogP contribution < -0.4 is 4.74 Å². The lowest BCUT2D eigenvalue weighted by atomic mass is 9.96. The van der Waals surface area contributed by atoms with Gasteiger partial charge in [-0.2, -0.15) is 0 Å². The van der Waals surface area contributed by atoms with E-state index >= 15 is 0 Å².